The number of aliphatic carboxylic acids is 1. The summed E-state index contributed by atoms with van der Waals surface area (Å²) in [4.78, 5) is 13.8. The van der Waals surface area contributed by atoms with Crippen LogP contribution in [0, 0.1) is 0 Å². The van der Waals surface area contributed by atoms with Crippen molar-refractivity contribution >= 4 is 38.5 Å². The van der Waals surface area contributed by atoms with Gasteiger partial charge in [-0.25, -0.2) is 13.1 Å². The maximum absolute atomic E-state index is 12.5. The van der Waals surface area contributed by atoms with Crippen LogP contribution in [0.3, 0.4) is 0 Å². The Balaban J connectivity index is 1.96. The third-order valence-electron chi connectivity index (χ3n) is 3.59. The van der Waals surface area contributed by atoms with Crippen molar-refractivity contribution in [2.45, 2.75) is 29.7 Å². The predicted molar refractivity (Wildman–Crippen MR) is 77.8 cm³/mol. The van der Waals surface area contributed by atoms with E-state index in [1.165, 1.54) is 6.20 Å². The van der Waals surface area contributed by atoms with Crippen molar-refractivity contribution in [1.82, 2.24) is 9.71 Å². The highest BCUT2D eigenvalue weighted by molar-refractivity contribution is 7.89. The SMILES string of the molecule is O=C(O)CC1(NS(=O)(=O)c2c[nH]c3cc(Cl)ccc23)CC1. The first-order chi connectivity index (χ1) is 9.81. The summed E-state index contributed by atoms with van der Waals surface area (Å²) in [6.07, 6.45) is 2.25. The number of carbonyl (C=O) groups is 1. The molecule has 0 spiro atoms. The predicted octanol–water partition coefficient (Wildman–Crippen LogP) is 2.11. The van der Waals surface area contributed by atoms with Crippen molar-refractivity contribution in [3.8, 4) is 0 Å². The Morgan fingerprint density at radius 1 is 1.43 bits per heavy atom. The van der Waals surface area contributed by atoms with E-state index in [0.29, 0.717) is 28.8 Å². The number of hydrogen-bond acceptors (Lipinski definition) is 3. The normalized spacial score (nSPS) is 17.0. The van der Waals surface area contributed by atoms with Crippen molar-refractivity contribution < 1.29 is 18.3 Å². The average Bonchev–Trinajstić information content (AvgIpc) is 2.95. The molecule has 0 amide bonds. The Kier molecular flexibility index (Phi) is 3.23. The number of aromatic amines is 1. The van der Waals surface area contributed by atoms with Crippen molar-refractivity contribution in [3.63, 3.8) is 0 Å². The summed E-state index contributed by atoms with van der Waals surface area (Å²) in [6.45, 7) is 0. The zero-order valence-corrected chi connectivity index (χ0v) is 12.5. The molecule has 0 radical (unpaired) electrons. The summed E-state index contributed by atoms with van der Waals surface area (Å²) in [5, 5.41) is 9.89. The monoisotopic (exact) mass is 328 g/mol. The third-order valence-corrected chi connectivity index (χ3v) is 5.44. The standard InChI is InChI=1S/C13H13ClN2O4S/c14-8-1-2-9-10(5-8)15-7-11(9)21(19,20)16-13(3-4-13)6-12(17)18/h1-2,5,7,15-16H,3-4,6H2,(H,17,18). The molecule has 112 valence electrons. The minimum atomic E-state index is -3.78. The summed E-state index contributed by atoms with van der Waals surface area (Å²) in [5.74, 6) is -1.01. The van der Waals surface area contributed by atoms with Gasteiger partial charge in [0.1, 0.15) is 4.90 Å². The van der Waals surface area contributed by atoms with Gasteiger partial charge in [-0.05, 0) is 31.0 Å². The highest BCUT2D eigenvalue weighted by Gasteiger charge is 2.48. The largest absolute Gasteiger partial charge is 0.481 e. The molecule has 2 aromatic rings. The van der Waals surface area contributed by atoms with Crippen molar-refractivity contribution in [1.29, 1.82) is 0 Å². The minimum absolute atomic E-state index is 0.103. The molecular weight excluding hydrogens is 316 g/mol. The van der Waals surface area contributed by atoms with Crippen LogP contribution < -0.4 is 4.72 Å². The van der Waals surface area contributed by atoms with E-state index in [2.05, 4.69) is 9.71 Å². The fourth-order valence-electron chi connectivity index (χ4n) is 2.39. The molecule has 1 aromatic carbocycles. The Morgan fingerprint density at radius 2 is 2.14 bits per heavy atom. The fourth-order valence-corrected chi connectivity index (χ4v) is 4.20. The second-order valence-corrected chi connectivity index (χ2v) is 7.39. The minimum Gasteiger partial charge on any atom is -0.481 e. The molecular formula is C13H13ClN2O4S. The molecule has 0 bridgehead atoms. The molecule has 3 rings (SSSR count). The number of carboxylic acids is 1. The molecule has 1 heterocycles. The zero-order valence-electron chi connectivity index (χ0n) is 10.9. The molecule has 3 N–H and O–H groups in total. The number of fused-ring (bicyclic) bond motifs is 1. The maximum Gasteiger partial charge on any atom is 0.305 e. The summed E-state index contributed by atoms with van der Waals surface area (Å²) in [6, 6.07) is 4.88. The van der Waals surface area contributed by atoms with Gasteiger partial charge < -0.3 is 10.1 Å². The maximum atomic E-state index is 12.5. The highest BCUT2D eigenvalue weighted by Crippen LogP contribution is 2.40. The Hall–Kier alpha value is -1.57. The molecule has 8 heteroatoms. The third kappa shape index (κ3) is 2.76. The molecule has 0 aliphatic heterocycles. The Morgan fingerprint density at radius 3 is 2.76 bits per heavy atom. The molecule has 0 saturated heterocycles. The summed E-state index contributed by atoms with van der Waals surface area (Å²) < 4.78 is 27.5. The number of rotatable bonds is 5. The van der Waals surface area contributed by atoms with Gasteiger partial charge in [0.25, 0.3) is 0 Å². The van der Waals surface area contributed by atoms with Gasteiger partial charge in [0.2, 0.25) is 10.0 Å². The first-order valence-electron chi connectivity index (χ1n) is 6.34. The number of benzene rings is 1. The van der Waals surface area contributed by atoms with Gasteiger partial charge in [-0.1, -0.05) is 11.6 Å². The molecule has 1 aliphatic carbocycles. The van der Waals surface area contributed by atoms with E-state index in [4.69, 9.17) is 16.7 Å². The van der Waals surface area contributed by atoms with E-state index < -0.39 is 21.5 Å². The lowest BCUT2D eigenvalue weighted by Gasteiger charge is -2.14. The molecule has 6 nitrogen and oxygen atoms in total. The van der Waals surface area contributed by atoms with Crippen LogP contribution in [-0.4, -0.2) is 30.0 Å². The van der Waals surface area contributed by atoms with Crippen LogP contribution >= 0.6 is 11.6 Å². The zero-order chi connectivity index (χ0) is 15.3. The van der Waals surface area contributed by atoms with E-state index in [1.807, 2.05) is 0 Å². The molecule has 1 saturated carbocycles. The van der Waals surface area contributed by atoms with Gasteiger partial charge >= 0.3 is 5.97 Å². The number of nitrogens with one attached hydrogen (secondary N) is 2. The van der Waals surface area contributed by atoms with E-state index in [9.17, 15) is 13.2 Å². The molecule has 0 unspecified atom stereocenters. The Bertz CT molecular complexity index is 824. The molecule has 0 atom stereocenters. The van der Waals surface area contributed by atoms with Gasteiger partial charge in [0.15, 0.2) is 0 Å². The van der Waals surface area contributed by atoms with Gasteiger partial charge in [-0.3, -0.25) is 4.79 Å². The molecule has 21 heavy (non-hydrogen) atoms. The Labute approximate surface area is 126 Å². The van der Waals surface area contributed by atoms with E-state index in [1.54, 1.807) is 18.2 Å². The van der Waals surface area contributed by atoms with Crippen molar-refractivity contribution in [2.75, 3.05) is 0 Å². The summed E-state index contributed by atoms with van der Waals surface area (Å²) >= 11 is 5.87. The van der Waals surface area contributed by atoms with E-state index in [0.717, 1.165) is 0 Å². The molecule has 1 aliphatic rings. The van der Waals surface area contributed by atoms with Crippen LogP contribution in [0.15, 0.2) is 29.3 Å². The number of carboxylic acid groups (broad SMARTS) is 1. The van der Waals surface area contributed by atoms with Crippen LogP contribution in [0.5, 0.6) is 0 Å². The van der Waals surface area contributed by atoms with E-state index >= 15 is 0 Å². The smallest absolute Gasteiger partial charge is 0.305 e. The van der Waals surface area contributed by atoms with Crippen molar-refractivity contribution in [3.05, 3.63) is 29.4 Å². The number of halogens is 1. The lowest BCUT2D eigenvalue weighted by atomic mass is 10.2. The molecule has 1 aromatic heterocycles. The van der Waals surface area contributed by atoms with Crippen LogP contribution in [0.1, 0.15) is 19.3 Å². The van der Waals surface area contributed by atoms with Gasteiger partial charge in [0, 0.05) is 27.7 Å². The lowest BCUT2D eigenvalue weighted by Crippen LogP contribution is -2.38. The highest BCUT2D eigenvalue weighted by atomic mass is 35.5. The first kappa shape index (κ1) is 14.4. The number of H-pyrrole nitrogens is 1. The second kappa shape index (κ2) is 4.72. The van der Waals surface area contributed by atoms with Gasteiger partial charge in [0.05, 0.1) is 6.42 Å². The fraction of sp³-hybridized carbons (Fsp3) is 0.308. The second-order valence-electron chi connectivity index (χ2n) is 5.30. The van der Waals surface area contributed by atoms with Gasteiger partial charge in [-0.2, -0.15) is 0 Å². The number of aromatic nitrogens is 1. The van der Waals surface area contributed by atoms with Crippen LogP contribution in [-0.2, 0) is 14.8 Å². The van der Waals surface area contributed by atoms with Crippen LogP contribution in [0.2, 0.25) is 5.02 Å². The van der Waals surface area contributed by atoms with Gasteiger partial charge in [-0.15, -0.1) is 0 Å². The summed E-state index contributed by atoms with van der Waals surface area (Å²) in [7, 11) is -3.78. The first-order valence-corrected chi connectivity index (χ1v) is 8.20. The quantitative estimate of drug-likeness (QED) is 0.782. The van der Waals surface area contributed by atoms with Crippen LogP contribution in [0.4, 0.5) is 0 Å². The number of hydrogen-bond donors (Lipinski definition) is 3. The van der Waals surface area contributed by atoms with E-state index in [-0.39, 0.29) is 11.3 Å². The van der Waals surface area contributed by atoms with Crippen molar-refractivity contribution in [2.24, 2.45) is 0 Å². The number of sulfonamides is 1. The summed E-state index contributed by atoms with van der Waals surface area (Å²) in [5.41, 5.74) is -0.230. The molecule has 1 fully saturated rings. The topological polar surface area (TPSA) is 99.3 Å². The van der Waals surface area contributed by atoms with Crippen LogP contribution in [0.25, 0.3) is 10.9 Å². The average molecular weight is 329 g/mol. The lowest BCUT2D eigenvalue weighted by molar-refractivity contribution is -0.137.